The van der Waals surface area contributed by atoms with E-state index in [-0.39, 0.29) is 0 Å². The van der Waals surface area contributed by atoms with Crippen LogP contribution in [0.4, 0.5) is 0 Å². The predicted molar refractivity (Wildman–Crippen MR) is 76.6 cm³/mol. The van der Waals surface area contributed by atoms with E-state index in [4.69, 9.17) is 0 Å². The van der Waals surface area contributed by atoms with Crippen LogP contribution in [-0.2, 0) is 4.79 Å². The molecule has 3 nitrogen and oxygen atoms in total. The number of hydrogen-bond acceptors (Lipinski definition) is 2. The van der Waals surface area contributed by atoms with Gasteiger partial charge in [-0.15, -0.1) is 0 Å². The van der Waals surface area contributed by atoms with Gasteiger partial charge in [-0.2, -0.15) is 0 Å². The SMILES string of the molecule is CCCN(CC1CCCCN1)C(=O)CCC(C)C. The van der Waals surface area contributed by atoms with Crippen LogP contribution in [0.2, 0.25) is 0 Å². The average molecular weight is 254 g/mol. The predicted octanol–water partition coefficient (Wildman–Crippen LogP) is 2.80. The Kier molecular flexibility index (Phi) is 7.33. The van der Waals surface area contributed by atoms with E-state index in [1.807, 2.05) is 0 Å². The molecule has 18 heavy (non-hydrogen) atoms. The van der Waals surface area contributed by atoms with Crippen molar-refractivity contribution in [3.05, 3.63) is 0 Å². The van der Waals surface area contributed by atoms with E-state index >= 15 is 0 Å². The summed E-state index contributed by atoms with van der Waals surface area (Å²) in [7, 11) is 0. The van der Waals surface area contributed by atoms with Crippen LogP contribution >= 0.6 is 0 Å². The Bertz CT molecular complexity index is 235. The van der Waals surface area contributed by atoms with Crippen molar-refractivity contribution in [3.63, 3.8) is 0 Å². The number of piperidine rings is 1. The normalized spacial score (nSPS) is 20.1. The molecule has 3 heteroatoms. The first-order valence-electron chi connectivity index (χ1n) is 7.64. The number of hydrogen-bond donors (Lipinski definition) is 1. The molecule has 0 saturated carbocycles. The smallest absolute Gasteiger partial charge is 0.222 e. The number of amides is 1. The standard InChI is InChI=1S/C15H30N2O/c1-4-11-17(15(18)9-8-13(2)3)12-14-7-5-6-10-16-14/h13-14,16H,4-12H2,1-3H3. The third-order valence-electron chi connectivity index (χ3n) is 3.63. The molecule has 0 spiro atoms. The fraction of sp³-hybridized carbons (Fsp3) is 0.933. The van der Waals surface area contributed by atoms with Gasteiger partial charge in [0.25, 0.3) is 0 Å². The van der Waals surface area contributed by atoms with Crippen molar-refractivity contribution in [1.29, 1.82) is 0 Å². The van der Waals surface area contributed by atoms with Crippen LogP contribution in [0.15, 0.2) is 0 Å². The fourth-order valence-corrected chi connectivity index (χ4v) is 2.50. The van der Waals surface area contributed by atoms with E-state index in [1.165, 1.54) is 19.3 Å². The molecule has 0 aliphatic carbocycles. The van der Waals surface area contributed by atoms with Gasteiger partial charge in [-0.25, -0.2) is 0 Å². The monoisotopic (exact) mass is 254 g/mol. The summed E-state index contributed by atoms with van der Waals surface area (Å²) >= 11 is 0. The van der Waals surface area contributed by atoms with Gasteiger partial charge in [0, 0.05) is 25.6 Å². The Balaban J connectivity index is 2.39. The Hall–Kier alpha value is -0.570. The Morgan fingerprint density at radius 1 is 1.39 bits per heavy atom. The summed E-state index contributed by atoms with van der Waals surface area (Å²) in [5.41, 5.74) is 0. The van der Waals surface area contributed by atoms with Gasteiger partial charge in [0.1, 0.15) is 0 Å². The van der Waals surface area contributed by atoms with Crippen LogP contribution in [0.3, 0.4) is 0 Å². The van der Waals surface area contributed by atoms with Crippen molar-refractivity contribution in [3.8, 4) is 0 Å². The van der Waals surface area contributed by atoms with Crippen molar-refractivity contribution in [1.82, 2.24) is 10.2 Å². The zero-order chi connectivity index (χ0) is 13.4. The molecular formula is C15H30N2O. The molecule has 0 aromatic carbocycles. The van der Waals surface area contributed by atoms with E-state index in [0.29, 0.717) is 24.3 Å². The minimum absolute atomic E-state index is 0.345. The molecule has 0 radical (unpaired) electrons. The average Bonchev–Trinajstić information content (AvgIpc) is 2.36. The number of carbonyl (C=O) groups is 1. The minimum atomic E-state index is 0.345. The Labute approximate surface area is 112 Å². The quantitative estimate of drug-likeness (QED) is 0.757. The summed E-state index contributed by atoms with van der Waals surface area (Å²) in [5.74, 6) is 0.961. The van der Waals surface area contributed by atoms with Crippen LogP contribution in [-0.4, -0.2) is 36.5 Å². The van der Waals surface area contributed by atoms with Crippen molar-refractivity contribution in [2.45, 2.75) is 65.3 Å². The maximum absolute atomic E-state index is 12.2. The van der Waals surface area contributed by atoms with Crippen molar-refractivity contribution >= 4 is 5.91 Å². The van der Waals surface area contributed by atoms with Crippen molar-refractivity contribution < 1.29 is 4.79 Å². The van der Waals surface area contributed by atoms with Crippen LogP contribution in [0.25, 0.3) is 0 Å². The Morgan fingerprint density at radius 2 is 2.17 bits per heavy atom. The highest BCUT2D eigenvalue weighted by atomic mass is 16.2. The molecule has 1 fully saturated rings. The molecule has 1 atom stereocenters. The largest absolute Gasteiger partial charge is 0.341 e. The topological polar surface area (TPSA) is 32.3 Å². The first-order chi connectivity index (χ1) is 8.63. The first kappa shape index (κ1) is 15.5. The number of rotatable bonds is 7. The van der Waals surface area contributed by atoms with Crippen molar-refractivity contribution in [2.24, 2.45) is 5.92 Å². The van der Waals surface area contributed by atoms with Gasteiger partial charge in [0.15, 0.2) is 0 Å². The molecule has 1 unspecified atom stereocenters. The van der Waals surface area contributed by atoms with Crippen LogP contribution in [0.1, 0.15) is 59.3 Å². The number of nitrogens with zero attached hydrogens (tertiary/aromatic N) is 1. The summed E-state index contributed by atoms with van der Waals surface area (Å²) in [6.45, 7) is 9.45. The third-order valence-corrected chi connectivity index (χ3v) is 3.63. The molecule has 1 amide bonds. The molecule has 1 aliphatic rings. The molecule has 0 aromatic heterocycles. The lowest BCUT2D eigenvalue weighted by Gasteiger charge is -2.30. The summed E-state index contributed by atoms with van der Waals surface area (Å²) < 4.78 is 0. The zero-order valence-corrected chi connectivity index (χ0v) is 12.4. The van der Waals surface area contributed by atoms with Crippen LogP contribution < -0.4 is 5.32 Å². The molecule has 1 aliphatic heterocycles. The lowest BCUT2D eigenvalue weighted by molar-refractivity contribution is -0.132. The third kappa shape index (κ3) is 5.85. The van der Waals surface area contributed by atoms with E-state index in [2.05, 4.69) is 31.0 Å². The van der Waals surface area contributed by atoms with Crippen LogP contribution in [0.5, 0.6) is 0 Å². The highest BCUT2D eigenvalue weighted by molar-refractivity contribution is 5.76. The van der Waals surface area contributed by atoms with Gasteiger partial charge >= 0.3 is 0 Å². The lowest BCUT2D eigenvalue weighted by Crippen LogP contribution is -2.46. The van der Waals surface area contributed by atoms with E-state index in [1.54, 1.807) is 0 Å². The zero-order valence-electron chi connectivity index (χ0n) is 12.4. The highest BCUT2D eigenvalue weighted by Crippen LogP contribution is 2.11. The molecule has 106 valence electrons. The van der Waals surface area contributed by atoms with E-state index in [0.717, 1.165) is 32.5 Å². The summed E-state index contributed by atoms with van der Waals surface area (Å²) in [5, 5.41) is 3.53. The van der Waals surface area contributed by atoms with E-state index < -0.39 is 0 Å². The highest BCUT2D eigenvalue weighted by Gasteiger charge is 2.19. The van der Waals surface area contributed by atoms with Gasteiger partial charge in [0.05, 0.1) is 0 Å². The summed E-state index contributed by atoms with van der Waals surface area (Å²) in [6, 6.07) is 0.522. The van der Waals surface area contributed by atoms with Crippen LogP contribution in [0, 0.1) is 5.92 Å². The molecule has 1 heterocycles. The van der Waals surface area contributed by atoms with Gasteiger partial charge in [-0.05, 0) is 38.1 Å². The second-order valence-electron chi connectivity index (χ2n) is 5.92. The molecule has 0 bridgehead atoms. The summed E-state index contributed by atoms with van der Waals surface area (Å²) in [6.07, 6.45) is 6.59. The van der Waals surface area contributed by atoms with Gasteiger partial charge in [0.2, 0.25) is 5.91 Å². The van der Waals surface area contributed by atoms with E-state index in [9.17, 15) is 4.79 Å². The van der Waals surface area contributed by atoms with Gasteiger partial charge in [-0.3, -0.25) is 4.79 Å². The molecule has 1 saturated heterocycles. The lowest BCUT2D eigenvalue weighted by atomic mass is 10.0. The molecular weight excluding hydrogens is 224 g/mol. The first-order valence-corrected chi connectivity index (χ1v) is 7.64. The van der Waals surface area contributed by atoms with Crippen molar-refractivity contribution in [2.75, 3.05) is 19.6 Å². The van der Waals surface area contributed by atoms with Gasteiger partial charge < -0.3 is 10.2 Å². The van der Waals surface area contributed by atoms with Gasteiger partial charge in [-0.1, -0.05) is 27.2 Å². The second kappa shape index (κ2) is 8.52. The second-order valence-corrected chi connectivity index (χ2v) is 5.92. The maximum atomic E-state index is 12.2. The maximum Gasteiger partial charge on any atom is 0.222 e. The number of nitrogens with one attached hydrogen (secondary N) is 1. The molecule has 0 aromatic rings. The Morgan fingerprint density at radius 3 is 2.72 bits per heavy atom. The minimum Gasteiger partial charge on any atom is -0.341 e. The molecule has 1 N–H and O–H groups in total. The molecule has 1 rings (SSSR count). The summed E-state index contributed by atoms with van der Waals surface area (Å²) in [4.78, 5) is 14.3. The number of carbonyl (C=O) groups excluding carboxylic acids is 1. The fourth-order valence-electron chi connectivity index (χ4n) is 2.50.